The third-order valence-corrected chi connectivity index (χ3v) is 8.44. The number of urea groups is 1. The van der Waals surface area contributed by atoms with Crippen molar-refractivity contribution in [3.8, 4) is 0 Å². The van der Waals surface area contributed by atoms with Gasteiger partial charge in [-0.2, -0.15) is 15.1 Å². The molecule has 3 aliphatic rings. The summed E-state index contributed by atoms with van der Waals surface area (Å²) in [5, 5.41) is 12.3. The van der Waals surface area contributed by atoms with Crippen LogP contribution in [-0.2, 0) is 4.74 Å². The second-order valence-corrected chi connectivity index (χ2v) is 11.3. The zero-order chi connectivity index (χ0) is 28.0. The zero-order valence-corrected chi connectivity index (χ0v) is 24.1. The Balaban J connectivity index is 1.18. The molecule has 3 aromatic heterocycles. The average Bonchev–Trinajstić information content (AvgIpc) is 3.70. The van der Waals surface area contributed by atoms with Crippen LogP contribution in [0, 0.1) is 0 Å². The molecular formula is C29H42N10O2. The minimum Gasteiger partial charge on any atom is -0.385 e. The largest absolute Gasteiger partial charge is 0.385 e. The average molecular weight is 563 g/mol. The van der Waals surface area contributed by atoms with E-state index < -0.39 is 0 Å². The smallest absolute Gasteiger partial charge is 0.317 e. The summed E-state index contributed by atoms with van der Waals surface area (Å²) in [4.78, 5) is 33.5. The highest BCUT2D eigenvalue weighted by atomic mass is 16.5. The first-order valence-electron chi connectivity index (χ1n) is 15.2. The monoisotopic (exact) mass is 562 g/mol. The number of hydrogen-bond donors (Lipinski definition) is 2. The molecule has 0 unspecified atom stereocenters. The first-order chi connectivity index (χ1) is 20.2. The second kappa shape index (κ2) is 12.9. The topological polar surface area (TPSA) is 117 Å². The van der Waals surface area contributed by atoms with Crippen molar-refractivity contribution in [1.29, 1.82) is 0 Å². The van der Waals surface area contributed by atoms with Gasteiger partial charge in [0.05, 0.1) is 17.8 Å². The van der Waals surface area contributed by atoms with Crippen LogP contribution in [0.5, 0.6) is 0 Å². The fraction of sp³-hybridized carbons (Fsp3) is 0.621. The first kappa shape index (κ1) is 27.5. The molecule has 41 heavy (non-hydrogen) atoms. The molecule has 0 atom stereocenters. The van der Waals surface area contributed by atoms with Crippen molar-refractivity contribution < 1.29 is 9.53 Å². The quantitative estimate of drug-likeness (QED) is 0.374. The molecule has 5 heterocycles. The van der Waals surface area contributed by atoms with Gasteiger partial charge in [0.15, 0.2) is 0 Å². The molecule has 1 aliphatic carbocycles. The third kappa shape index (κ3) is 6.47. The Morgan fingerprint density at radius 2 is 1.73 bits per heavy atom. The number of pyridine rings is 1. The molecule has 0 spiro atoms. The lowest BCUT2D eigenvalue weighted by Gasteiger charge is -2.35. The molecule has 0 aromatic carbocycles. The van der Waals surface area contributed by atoms with E-state index in [0.717, 1.165) is 66.7 Å². The van der Waals surface area contributed by atoms with E-state index in [9.17, 15) is 4.79 Å². The summed E-state index contributed by atoms with van der Waals surface area (Å²) in [7, 11) is 1.67. The van der Waals surface area contributed by atoms with Gasteiger partial charge in [0, 0.05) is 83.2 Å². The number of piperazine rings is 1. The lowest BCUT2D eigenvalue weighted by atomic mass is 9.95. The number of fused-ring (bicyclic) bond motifs is 1. The Hall–Kier alpha value is -3.67. The Bertz CT molecular complexity index is 1310. The van der Waals surface area contributed by atoms with Crippen LogP contribution >= 0.6 is 0 Å². The van der Waals surface area contributed by atoms with Gasteiger partial charge >= 0.3 is 6.03 Å². The van der Waals surface area contributed by atoms with Crippen LogP contribution < -0.4 is 20.4 Å². The highest BCUT2D eigenvalue weighted by molar-refractivity contribution is 5.81. The number of carbonyl (C=O) groups is 1. The van der Waals surface area contributed by atoms with Gasteiger partial charge in [-0.15, -0.1) is 0 Å². The summed E-state index contributed by atoms with van der Waals surface area (Å²) >= 11 is 0. The number of methoxy groups -OCH3 is 1. The second-order valence-electron chi connectivity index (χ2n) is 11.3. The molecule has 2 amide bonds. The van der Waals surface area contributed by atoms with Crippen molar-refractivity contribution in [3.05, 3.63) is 24.5 Å². The van der Waals surface area contributed by atoms with Crippen LogP contribution in [-0.4, -0.2) is 95.2 Å². The minimum absolute atomic E-state index is 0.0162. The van der Waals surface area contributed by atoms with E-state index in [4.69, 9.17) is 19.8 Å². The summed E-state index contributed by atoms with van der Waals surface area (Å²) < 4.78 is 7.26. The van der Waals surface area contributed by atoms with E-state index in [1.807, 2.05) is 23.4 Å². The standard InChI is InChI=1S/C29H42N10O2/c1-41-17-7-10-30-29(40)38-15-13-36(14-16-38)27-19-26(34-28(35-27)37-11-5-6-12-37)33-25-18-24-22(20-31-25)21-32-39(24)23-8-3-2-4-9-23/h18-21,23H,2-17H2,1H3,(H,30,40)(H,31,33,34,35). The fourth-order valence-corrected chi connectivity index (χ4v) is 6.12. The van der Waals surface area contributed by atoms with E-state index in [1.54, 1.807) is 7.11 Å². The number of anilines is 4. The van der Waals surface area contributed by atoms with Gasteiger partial charge < -0.3 is 30.1 Å². The number of ether oxygens (including phenoxy) is 1. The van der Waals surface area contributed by atoms with Gasteiger partial charge in [-0.25, -0.2) is 9.78 Å². The maximum absolute atomic E-state index is 12.6. The van der Waals surface area contributed by atoms with Crippen LogP contribution in [0.25, 0.3) is 10.9 Å². The molecule has 2 saturated heterocycles. The van der Waals surface area contributed by atoms with E-state index in [-0.39, 0.29) is 6.03 Å². The molecule has 3 aromatic rings. The highest BCUT2D eigenvalue weighted by Crippen LogP contribution is 2.32. The number of aromatic nitrogens is 5. The van der Waals surface area contributed by atoms with Gasteiger partial charge in [0.1, 0.15) is 17.5 Å². The van der Waals surface area contributed by atoms with Crippen LogP contribution in [0.2, 0.25) is 0 Å². The van der Waals surface area contributed by atoms with Gasteiger partial charge in [-0.1, -0.05) is 19.3 Å². The Morgan fingerprint density at radius 1 is 0.927 bits per heavy atom. The number of nitrogens with zero attached hydrogens (tertiary/aromatic N) is 8. The number of hydrogen-bond acceptors (Lipinski definition) is 9. The van der Waals surface area contributed by atoms with Crippen molar-refractivity contribution in [3.63, 3.8) is 0 Å². The first-order valence-corrected chi connectivity index (χ1v) is 15.2. The van der Waals surface area contributed by atoms with Crippen molar-refractivity contribution in [1.82, 2.24) is 34.9 Å². The molecule has 1 saturated carbocycles. The number of nitrogens with one attached hydrogen (secondary N) is 2. The Morgan fingerprint density at radius 3 is 2.51 bits per heavy atom. The summed E-state index contributed by atoms with van der Waals surface area (Å²) in [6, 6.07) is 4.54. The maximum atomic E-state index is 12.6. The molecule has 0 bridgehead atoms. The van der Waals surface area contributed by atoms with Crippen LogP contribution in [0.15, 0.2) is 24.5 Å². The number of amides is 2. The normalized spacial score (nSPS) is 18.3. The molecule has 0 radical (unpaired) electrons. The SMILES string of the molecule is COCCCNC(=O)N1CCN(c2cc(Nc3cc4c(cn3)cnn4C3CCCCC3)nc(N3CCCC3)n2)CC1. The third-order valence-electron chi connectivity index (χ3n) is 8.44. The predicted molar refractivity (Wildman–Crippen MR) is 160 cm³/mol. The van der Waals surface area contributed by atoms with Crippen LogP contribution in [0.4, 0.5) is 28.2 Å². The lowest BCUT2D eigenvalue weighted by molar-refractivity contribution is 0.183. The molecule has 220 valence electrons. The Kier molecular flexibility index (Phi) is 8.64. The molecule has 2 N–H and O–H groups in total. The van der Waals surface area contributed by atoms with Gasteiger partial charge in [-0.3, -0.25) is 4.68 Å². The Labute approximate surface area is 241 Å². The molecule has 2 aliphatic heterocycles. The molecular weight excluding hydrogens is 520 g/mol. The van der Waals surface area contributed by atoms with E-state index in [2.05, 4.69) is 36.2 Å². The maximum Gasteiger partial charge on any atom is 0.317 e. The van der Waals surface area contributed by atoms with E-state index in [1.165, 1.54) is 32.1 Å². The molecule has 12 nitrogen and oxygen atoms in total. The summed E-state index contributed by atoms with van der Waals surface area (Å²) in [6.45, 7) is 5.91. The fourth-order valence-electron chi connectivity index (χ4n) is 6.12. The van der Waals surface area contributed by atoms with Crippen LogP contribution in [0.1, 0.15) is 57.4 Å². The van der Waals surface area contributed by atoms with Crippen LogP contribution in [0.3, 0.4) is 0 Å². The van der Waals surface area contributed by atoms with Gasteiger partial charge in [-0.05, 0) is 32.1 Å². The zero-order valence-electron chi connectivity index (χ0n) is 24.1. The summed E-state index contributed by atoms with van der Waals surface area (Å²) in [5.74, 6) is 3.10. The van der Waals surface area contributed by atoms with E-state index in [0.29, 0.717) is 45.4 Å². The lowest BCUT2D eigenvalue weighted by Crippen LogP contribution is -2.52. The molecule has 12 heteroatoms. The molecule has 3 fully saturated rings. The predicted octanol–water partition coefficient (Wildman–Crippen LogP) is 3.94. The highest BCUT2D eigenvalue weighted by Gasteiger charge is 2.25. The molecule has 6 rings (SSSR count). The van der Waals surface area contributed by atoms with Crippen molar-refractivity contribution >= 4 is 40.3 Å². The minimum atomic E-state index is -0.0162. The van der Waals surface area contributed by atoms with Crippen molar-refractivity contribution in [2.45, 2.75) is 57.4 Å². The van der Waals surface area contributed by atoms with E-state index >= 15 is 0 Å². The summed E-state index contributed by atoms with van der Waals surface area (Å²) in [6.07, 6.45) is 13.1. The van der Waals surface area contributed by atoms with Gasteiger partial charge in [0.2, 0.25) is 5.95 Å². The number of carbonyl (C=O) groups excluding carboxylic acids is 1. The van der Waals surface area contributed by atoms with Crippen molar-refractivity contribution in [2.24, 2.45) is 0 Å². The summed E-state index contributed by atoms with van der Waals surface area (Å²) in [5.41, 5.74) is 1.11. The van der Waals surface area contributed by atoms with Crippen molar-refractivity contribution in [2.75, 3.05) is 74.6 Å². The van der Waals surface area contributed by atoms with Gasteiger partial charge in [0.25, 0.3) is 0 Å². The number of rotatable bonds is 9.